The number of Topliss-reactive ketones (excluding diaryl/α,β-unsaturated/α-hetero) is 1. The van der Waals surface area contributed by atoms with E-state index in [0.29, 0.717) is 0 Å². The molecule has 0 aliphatic rings. The van der Waals surface area contributed by atoms with Crippen LogP contribution in [-0.4, -0.2) is 29.2 Å². The fraction of sp³-hybridized carbons (Fsp3) is 0.583. The molecule has 0 amide bonds. The van der Waals surface area contributed by atoms with Crippen molar-refractivity contribution in [3.8, 4) is 0 Å². The molecule has 1 aromatic rings. The molecule has 0 radical (unpaired) electrons. The molecule has 5 nitrogen and oxygen atoms in total. The van der Waals surface area contributed by atoms with E-state index in [1.54, 1.807) is 6.20 Å². The van der Waals surface area contributed by atoms with E-state index in [0.717, 1.165) is 12.2 Å². The fourth-order valence-corrected chi connectivity index (χ4v) is 1.26. The molecule has 0 aliphatic heterocycles. The Labute approximate surface area is 101 Å². The lowest BCUT2D eigenvalue weighted by Crippen LogP contribution is -2.29. The van der Waals surface area contributed by atoms with Crippen molar-refractivity contribution in [1.82, 2.24) is 9.78 Å². The van der Waals surface area contributed by atoms with Gasteiger partial charge in [0, 0.05) is 25.6 Å². The number of hydrogen-bond acceptors (Lipinski definition) is 4. The van der Waals surface area contributed by atoms with E-state index in [9.17, 15) is 9.59 Å². The molecule has 0 aromatic carbocycles. The predicted molar refractivity (Wildman–Crippen MR) is 67.3 cm³/mol. The van der Waals surface area contributed by atoms with Gasteiger partial charge in [-0.05, 0) is 6.92 Å². The van der Waals surface area contributed by atoms with Gasteiger partial charge in [-0.25, -0.2) is 4.68 Å². The van der Waals surface area contributed by atoms with Crippen LogP contribution in [0.2, 0.25) is 0 Å². The van der Waals surface area contributed by atoms with Gasteiger partial charge in [0.15, 0.2) is 5.78 Å². The molecule has 0 bridgehead atoms. The van der Waals surface area contributed by atoms with Gasteiger partial charge in [0.2, 0.25) is 0 Å². The molecular formula is C12H19N3O2. The molecule has 94 valence electrons. The van der Waals surface area contributed by atoms with Crippen molar-refractivity contribution in [3.63, 3.8) is 0 Å². The third-order valence-electron chi connectivity index (χ3n) is 2.72. The Bertz CT molecular complexity index is 451. The van der Waals surface area contributed by atoms with Gasteiger partial charge in [-0.3, -0.25) is 9.59 Å². The number of ketones is 1. The maximum atomic E-state index is 11.7. The largest absolute Gasteiger partial charge is 0.373 e. The first kappa shape index (κ1) is 13.4. The van der Waals surface area contributed by atoms with Gasteiger partial charge in [-0.1, -0.05) is 13.8 Å². The van der Waals surface area contributed by atoms with Crippen molar-refractivity contribution in [2.45, 2.75) is 27.3 Å². The van der Waals surface area contributed by atoms with E-state index < -0.39 is 0 Å². The minimum atomic E-state index is -0.239. The Morgan fingerprint density at radius 3 is 2.65 bits per heavy atom. The number of rotatable bonds is 5. The van der Waals surface area contributed by atoms with Crippen molar-refractivity contribution in [2.24, 2.45) is 5.92 Å². The second-order valence-electron chi connectivity index (χ2n) is 4.34. The number of carbonyl (C=O) groups is 1. The van der Waals surface area contributed by atoms with E-state index in [2.05, 4.69) is 5.10 Å². The molecule has 5 heteroatoms. The number of anilines is 1. The quantitative estimate of drug-likeness (QED) is 0.764. The first-order valence-electron chi connectivity index (χ1n) is 5.76. The van der Waals surface area contributed by atoms with Crippen LogP contribution < -0.4 is 10.5 Å². The van der Waals surface area contributed by atoms with Crippen molar-refractivity contribution >= 4 is 11.5 Å². The highest BCUT2D eigenvalue weighted by Gasteiger charge is 2.10. The number of carbonyl (C=O) groups excluding carboxylic acids is 1. The van der Waals surface area contributed by atoms with Crippen molar-refractivity contribution < 1.29 is 4.79 Å². The minimum absolute atomic E-state index is 0.0104. The van der Waals surface area contributed by atoms with Gasteiger partial charge in [0.25, 0.3) is 5.56 Å². The summed E-state index contributed by atoms with van der Waals surface area (Å²) in [6, 6.07) is 1.50. The zero-order valence-corrected chi connectivity index (χ0v) is 10.8. The first-order valence-corrected chi connectivity index (χ1v) is 5.76. The topological polar surface area (TPSA) is 55.2 Å². The molecule has 0 saturated carbocycles. The summed E-state index contributed by atoms with van der Waals surface area (Å²) in [7, 11) is 1.89. The monoisotopic (exact) mass is 237 g/mol. The molecule has 0 aliphatic carbocycles. The average Bonchev–Trinajstić information content (AvgIpc) is 2.30. The van der Waals surface area contributed by atoms with Crippen LogP contribution in [0.15, 0.2) is 17.1 Å². The number of aromatic nitrogens is 2. The molecular weight excluding hydrogens is 218 g/mol. The summed E-state index contributed by atoms with van der Waals surface area (Å²) in [4.78, 5) is 25.2. The Morgan fingerprint density at radius 2 is 2.18 bits per heavy atom. The molecule has 0 spiro atoms. The predicted octanol–water partition coefficient (Wildman–Crippen LogP) is 0.924. The summed E-state index contributed by atoms with van der Waals surface area (Å²) in [5.74, 6) is -0.0714. The van der Waals surface area contributed by atoms with E-state index in [-0.39, 0.29) is 23.8 Å². The maximum absolute atomic E-state index is 11.7. The van der Waals surface area contributed by atoms with Crippen LogP contribution in [0.5, 0.6) is 0 Å². The van der Waals surface area contributed by atoms with Crippen molar-refractivity contribution in [1.29, 1.82) is 0 Å². The molecule has 1 aromatic heterocycles. The third-order valence-corrected chi connectivity index (χ3v) is 2.72. The van der Waals surface area contributed by atoms with Crippen LogP contribution in [0.1, 0.15) is 20.8 Å². The normalized spacial score (nSPS) is 10.6. The fourth-order valence-electron chi connectivity index (χ4n) is 1.26. The Hall–Kier alpha value is -1.65. The standard InChI is InChI=1S/C12H19N3O2/c1-5-14(4)10-6-12(17)15(13-7-10)8-11(16)9(2)3/h6-7,9H,5,8H2,1-4H3. The van der Waals surface area contributed by atoms with Crippen LogP contribution in [0, 0.1) is 5.92 Å². The molecule has 1 heterocycles. The number of nitrogens with zero attached hydrogens (tertiary/aromatic N) is 3. The minimum Gasteiger partial charge on any atom is -0.373 e. The molecule has 17 heavy (non-hydrogen) atoms. The van der Waals surface area contributed by atoms with Gasteiger partial charge in [0.1, 0.15) is 6.54 Å². The van der Waals surface area contributed by atoms with E-state index in [4.69, 9.17) is 0 Å². The average molecular weight is 237 g/mol. The second kappa shape index (κ2) is 5.61. The highest BCUT2D eigenvalue weighted by atomic mass is 16.1. The maximum Gasteiger partial charge on any atom is 0.269 e. The summed E-state index contributed by atoms with van der Waals surface area (Å²) in [5.41, 5.74) is 0.530. The van der Waals surface area contributed by atoms with Crippen LogP contribution in [-0.2, 0) is 11.3 Å². The molecule has 0 unspecified atom stereocenters. The SMILES string of the molecule is CCN(C)c1cnn(CC(=O)C(C)C)c(=O)c1. The number of hydrogen-bond donors (Lipinski definition) is 0. The Morgan fingerprint density at radius 1 is 1.53 bits per heavy atom. The van der Waals surface area contributed by atoms with Gasteiger partial charge >= 0.3 is 0 Å². The second-order valence-corrected chi connectivity index (χ2v) is 4.34. The molecule has 1 rings (SSSR count). The van der Waals surface area contributed by atoms with Crippen LogP contribution in [0.4, 0.5) is 5.69 Å². The lowest BCUT2D eigenvalue weighted by Gasteiger charge is -2.16. The smallest absolute Gasteiger partial charge is 0.269 e. The van der Waals surface area contributed by atoms with Crippen molar-refractivity contribution in [2.75, 3.05) is 18.5 Å². The van der Waals surface area contributed by atoms with Crippen LogP contribution in [0.25, 0.3) is 0 Å². The van der Waals surface area contributed by atoms with Crippen LogP contribution >= 0.6 is 0 Å². The highest BCUT2D eigenvalue weighted by Crippen LogP contribution is 2.06. The Balaban J connectivity index is 2.91. The van der Waals surface area contributed by atoms with Crippen molar-refractivity contribution in [3.05, 3.63) is 22.6 Å². The lowest BCUT2D eigenvalue weighted by atomic mass is 10.1. The van der Waals surface area contributed by atoms with E-state index in [1.807, 2.05) is 32.7 Å². The zero-order chi connectivity index (χ0) is 13.0. The van der Waals surface area contributed by atoms with E-state index in [1.165, 1.54) is 10.7 Å². The van der Waals surface area contributed by atoms with Gasteiger partial charge in [-0.15, -0.1) is 0 Å². The summed E-state index contributed by atoms with van der Waals surface area (Å²) >= 11 is 0. The Kier molecular flexibility index (Phi) is 4.43. The van der Waals surface area contributed by atoms with Crippen LogP contribution in [0.3, 0.4) is 0 Å². The highest BCUT2D eigenvalue weighted by molar-refractivity contribution is 5.79. The summed E-state index contributed by atoms with van der Waals surface area (Å²) < 4.78 is 1.20. The van der Waals surface area contributed by atoms with Gasteiger partial charge in [-0.2, -0.15) is 5.10 Å². The zero-order valence-electron chi connectivity index (χ0n) is 10.8. The summed E-state index contributed by atoms with van der Waals surface area (Å²) in [6.07, 6.45) is 1.61. The molecule has 0 atom stereocenters. The van der Waals surface area contributed by atoms with Gasteiger partial charge in [0.05, 0.1) is 11.9 Å². The lowest BCUT2D eigenvalue weighted by molar-refractivity contribution is -0.122. The van der Waals surface area contributed by atoms with E-state index >= 15 is 0 Å². The molecule has 0 saturated heterocycles. The first-order chi connectivity index (χ1) is 7.95. The molecule has 0 N–H and O–H groups in total. The third kappa shape index (κ3) is 3.41. The summed E-state index contributed by atoms with van der Waals surface area (Å²) in [5, 5.41) is 4.01. The molecule has 0 fully saturated rings. The van der Waals surface area contributed by atoms with Gasteiger partial charge < -0.3 is 4.90 Å². The summed E-state index contributed by atoms with van der Waals surface area (Å²) in [6.45, 7) is 6.47.